The Bertz CT molecular complexity index is 762. The van der Waals surface area contributed by atoms with Crippen LogP contribution in [0.5, 0.6) is 0 Å². The minimum Gasteiger partial charge on any atom is -0.393 e. The van der Waals surface area contributed by atoms with Crippen LogP contribution in [0.3, 0.4) is 0 Å². The summed E-state index contributed by atoms with van der Waals surface area (Å²) in [6.07, 6.45) is 14.2. The zero-order chi connectivity index (χ0) is 23.5. The van der Waals surface area contributed by atoms with Crippen molar-refractivity contribution < 1.29 is 5.11 Å². The monoisotopic (exact) mass is 440 g/mol. The molecule has 0 heterocycles. The van der Waals surface area contributed by atoms with Gasteiger partial charge in [-0.1, -0.05) is 64.8 Å². The molecule has 0 aromatic carbocycles. The Kier molecular flexibility index (Phi) is 6.59. The lowest BCUT2D eigenvalue weighted by Crippen LogP contribution is -2.51. The molecule has 0 amide bonds. The van der Waals surface area contributed by atoms with E-state index in [0.717, 1.165) is 18.3 Å². The molecule has 1 N–H and O–H groups in total. The van der Waals surface area contributed by atoms with Gasteiger partial charge in [0, 0.05) is 0 Å². The van der Waals surface area contributed by atoms with Gasteiger partial charge in [-0.2, -0.15) is 0 Å². The zero-order valence-corrected chi connectivity index (χ0v) is 22.4. The number of aliphatic hydroxyl groups excluding tert-OH is 1. The van der Waals surface area contributed by atoms with Crippen LogP contribution in [0.25, 0.3) is 0 Å². The molecule has 9 unspecified atom stereocenters. The molecule has 0 aromatic rings. The van der Waals surface area contributed by atoms with Crippen LogP contribution in [-0.2, 0) is 0 Å². The number of fused-ring (bicyclic) bond motifs is 4. The van der Waals surface area contributed by atoms with Crippen LogP contribution in [0.15, 0.2) is 23.3 Å². The summed E-state index contributed by atoms with van der Waals surface area (Å²) in [6, 6.07) is 0. The highest BCUT2D eigenvalue weighted by Crippen LogP contribution is 2.71. The van der Waals surface area contributed by atoms with E-state index in [0.29, 0.717) is 34.0 Å². The molecule has 4 rings (SSSR count). The maximum Gasteiger partial charge on any atom is 0.0569 e. The third kappa shape index (κ3) is 3.50. The topological polar surface area (TPSA) is 20.2 Å². The van der Waals surface area contributed by atoms with E-state index in [-0.39, 0.29) is 6.10 Å². The standard InChI is InChI=1S/C31H52O/c1-9-23(20(2)3)11-10-21(4)24-14-18-31(8)27-13-12-25-22(5)28(32)16-17-29(25,6)26(27)15-19-30(24,31)7/h21-25,28,32H,2,9-19H2,1,3-8H3. The Labute approximate surface area is 199 Å². The fourth-order valence-corrected chi connectivity index (χ4v) is 9.72. The average molecular weight is 441 g/mol. The van der Waals surface area contributed by atoms with Gasteiger partial charge in [0.05, 0.1) is 6.10 Å². The lowest BCUT2D eigenvalue weighted by molar-refractivity contribution is -0.0413. The molecule has 4 aliphatic rings. The van der Waals surface area contributed by atoms with Crippen molar-refractivity contribution >= 4 is 0 Å². The van der Waals surface area contributed by atoms with Crippen molar-refractivity contribution in [2.45, 2.75) is 125 Å². The Balaban J connectivity index is 1.59. The molecule has 182 valence electrons. The first-order valence-corrected chi connectivity index (χ1v) is 14.1. The number of aliphatic hydroxyl groups is 1. The smallest absolute Gasteiger partial charge is 0.0569 e. The zero-order valence-electron chi connectivity index (χ0n) is 22.4. The molecular formula is C31H52O. The molecule has 9 atom stereocenters. The van der Waals surface area contributed by atoms with Crippen molar-refractivity contribution in [2.75, 3.05) is 0 Å². The first kappa shape index (κ1) is 24.6. The summed E-state index contributed by atoms with van der Waals surface area (Å²) in [5, 5.41) is 10.6. The summed E-state index contributed by atoms with van der Waals surface area (Å²) >= 11 is 0. The molecule has 2 fully saturated rings. The molecule has 1 nitrogen and oxygen atoms in total. The van der Waals surface area contributed by atoms with Crippen molar-refractivity contribution in [3.8, 4) is 0 Å². The van der Waals surface area contributed by atoms with Crippen molar-refractivity contribution in [1.29, 1.82) is 0 Å². The fraction of sp³-hybridized carbons (Fsp3) is 0.871. The first-order valence-electron chi connectivity index (χ1n) is 14.1. The molecule has 0 aliphatic heterocycles. The van der Waals surface area contributed by atoms with Crippen LogP contribution < -0.4 is 0 Å². The van der Waals surface area contributed by atoms with E-state index >= 15 is 0 Å². The van der Waals surface area contributed by atoms with E-state index in [9.17, 15) is 5.11 Å². The van der Waals surface area contributed by atoms with E-state index in [4.69, 9.17) is 0 Å². The van der Waals surface area contributed by atoms with Crippen molar-refractivity contribution in [3.63, 3.8) is 0 Å². The molecule has 2 saturated carbocycles. The minimum atomic E-state index is -0.0810. The highest BCUT2D eigenvalue weighted by Gasteiger charge is 2.62. The molecule has 4 aliphatic carbocycles. The van der Waals surface area contributed by atoms with Gasteiger partial charge in [0.2, 0.25) is 0 Å². The largest absolute Gasteiger partial charge is 0.393 e. The Hall–Kier alpha value is -0.560. The van der Waals surface area contributed by atoms with Crippen LogP contribution in [0.4, 0.5) is 0 Å². The van der Waals surface area contributed by atoms with Gasteiger partial charge in [-0.25, -0.2) is 0 Å². The number of hydrogen-bond donors (Lipinski definition) is 1. The summed E-state index contributed by atoms with van der Waals surface area (Å²) in [6.45, 7) is 21.6. The quantitative estimate of drug-likeness (QED) is 0.409. The number of rotatable bonds is 6. The second kappa shape index (κ2) is 8.58. The number of allylic oxidation sites excluding steroid dienone is 3. The second-order valence-corrected chi connectivity index (χ2v) is 13.4. The highest BCUT2D eigenvalue weighted by molar-refractivity contribution is 5.38. The Morgan fingerprint density at radius 3 is 2.41 bits per heavy atom. The molecule has 1 heteroatoms. The maximum absolute atomic E-state index is 10.6. The van der Waals surface area contributed by atoms with E-state index in [1.54, 1.807) is 0 Å². The van der Waals surface area contributed by atoms with Gasteiger partial charge in [-0.05, 0) is 123 Å². The molecule has 0 bridgehead atoms. The normalized spacial score (nSPS) is 45.6. The van der Waals surface area contributed by atoms with E-state index in [1.807, 2.05) is 11.1 Å². The van der Waals surface area contributed by atoms with E-state index in [1.165, 1.54) is 69.8 Å². The summed E-state index contributed by atoms with van der Waals surface area (Å²) in [4.78, 5) is 0. The summed E-state index contributed by atoms with van der Waals surface area (Å²) < 4.78 is 0. The minimum absolute atomic E-state index is 0.0810. The van der Waals surface area contributed by atoms with E-state index in [2.05, 4.69) is 55.0 Å². The van der Waals surface area contributed by atoms with Gasteiger partial charge < -0.3 is 5.11 Å². The van der Waals surface area contributed by atoms with Gasteiger partial charge in [-0.3, -0.25) is 0 Å². The predicted molar refractivity (Wildman–Crippen MR) is 137 cm³/mol. The van der Waals surface area contributed by atoms with Crippen LogP contribution in [0, 0.1) is 45.8 Å². The lowest BCUT2D eigenvalue weighted by atomic mass is 9.45. The number of hydrogen-bond acceptors (Lipinski definition) is 1. The summed E-state index contributed by atoms with van der Waals surface area (Å²) in [5.41, 5.74) is 6.32. The third-order valence-electron chi connectivity index (χ3n) is 12.2. The van der Waals surface area contributed by atoms with E-state index < -0.39 is 0 Å². The Morgan fingerprint density at radius 1 is 1.03 bits per heavy atom. The molecule has 0 spiro atoms. The Morgan fingerprint density at radius 2 is 1.75 bits per heavy atom. The summed E-state index contributed by atoms with van der Waals surface area (Å²) in [7, 11) is 0. The van der Waals surface area contributed by atoms with Gasteiger partial charge in [0.25, 0.3) is 0 Å². The van der Waals surface area contributed by atoms with Crippen molar-refractivity contribution in [1.82, 2.24) is 0 Å². The summed E-state index contributed by atoms with van der Waals surface area (Å²) in [5.74, 6) is 3.52. The predicted octanol–water partition coefficient (Wildman–Crippen LogP) is 8.73. The van der Waals surface area contributed by atoms with Crippen LogP contribution in [0.1, 0.15) is 119 Å². The average Bonchev–Trinajstić information content (AvgIpc) is 3.02. The van der Waals surface area contributed by atoms with Gasteiger partial charge in [0.15, 0.2) is 0 Å². The fourth-order valence-electron chi connectivity index (χ4n) is 9.72. The molecular weight excluding hydrogens is 388 g/mol. The van der Waals surface area contributed by atoms with Crippen LogP contribution in [-0.4, -0.2) is 11.2 Å². The molecule has 32 heavy (non-hydrogen) atoms. The van der Waals surface area contributed by atoms with Crippen LogP contribution >= 0.6 is 0 Å². The van der Waals surface area contributed by atoms with Gasteiger partial charge in [-0.15, -0.1) is 0 Å². The highest BCUT2D eigenvalue weighted by atomic mass is 16.3. The van der Waals surface area contributed by atoms with Crippen molar-refractivity contribution in [3.05, 3.63) is 23.3 Å². The second-order valence-electron chi connectivity index (χ2n) is 13.4. The van der Waals surface area contributed by atoms with Gasteiger partial charge >= 0.3 is 0 Å². The van der Waals surface area contributed by atoms with Gasteiger partial charge in [0.1, 0.15) is 0 Å². The third-order valence-corrected chi connectivity index (χ3v) is 12.2. The van der Waals surface area contributed by atoms with Crippen LogP contribution in [0.2, 0.25) is 0 Å². The lowest BCUT2D eigenvalue weighted by Gasteiger charge is -2.60. The molecule has 0 aromatic heterocycles. The molecule has 0 saturated heterocycles. The van der Waals surface area contributed by atoms with Crippen molar-refractivity contribution in [2.24, 2.45) is 45.8 Å². The SMILES string of the molecule is C=C(C)C(CC)CCC(C)C1CCC2(C)C3=C(CCC12C)C1(C)CCC(O)C(C)C1CC3. The maximum atomic E-state index is 10.6. The first-order chi connectivity index (χ1) is 15.0. The molecule has 0 radical (unpaired) electrons.